The van der Waals surface area contributed by atoms with Crippen LogP contribution < -0.4 is 25.6 Å². The average Bonchev–Trinajstić information content (AvgIpc) is 1.29. The van der Waals surface area contributed by atoms with E-state index in [1.807, 2.05) is 0 Å². The molecule has 0 amide bonds. The molecule has 0 spiro atoms. The van der Waals surface area contributed by atoms with Gasteiger partial charge in [-0.3, -0.25) is 0 Å². The van der Waals surface area contributed by atoms with Gasteiger partial charge in [-0.25, -0.2) is 19.9 Å². The zero-order valence-electron chi connectivity index (χ0n) is 72.3. The molecule has 23 aromatic rings. The fourth-order valence-electron chi connectivity index (χ4n) is 19.8. The molecule has 1 aliphatic rings. The summed E-state index contributed by atoms with van der Waals surface area (Å²) in [7, 11) is -2.69. The summed E-state index contributed by atoms with van der Waals surface area (Å²) in [5.41, 5.74) is 23.1. The first-order chi connectivity index (χ1) is 66.0. The minimum atomic E-state index is -2.69. The van der Waals surface area contributed by atoms with E-state index in [0.29, 0.717) is 0 Å². The molecule has 1 aliphatic carbocycles. The molecular formula is C117H72N16Si. The van der Waals surface area contributed by atoms with E-state index in [0.717, 1.165) is 17.1 Å². The number of anilines is 3. The van der Waals surface area contributed by atoms with E-state index in [1.54, 1.807) is 24.3 Å². The van der Waals surface area contributed by atoms with Crippen LogP contribution >= 0.6 is 0 Å². The minimum absolute atomic E-state index is 0.00714. The second kappa shape index (κ2) is 33.4. The van der Waals surface area contributed by atoms with Crippen molar-refractivity contribution in [3.8, 4) is 74.7 Å². The Bertz CT molecular complexity index is 8470. The van der Waals surface area contributed by atoms with Crippen LogP contribution in [0.1, 0.15) is 47.8 Å². The number of aromatic nitrogens is 9. The maximum Gasteiger partial charge on any atom is 0.307 e. The third-order valence-corrected chi connectivity index (χ3v) is 30.6. The Labute approximate surface area is 771 Å². The summed E-state index contributed by atoms with van der Waals surface area (Å²) in [6.45, 7) is 19.2. The van der Waals surface area contributed by atoms with Crippen LogP contribution in [0.3, 0.4) is 0 Å². The van der Waals surface area contributed by atoms with Crippen molar-refractivity contribution in [3.05, 3.63) is 457 Å². The van der Waals surface area contributed by atoms with Crippen molar-refractivity contribution >= 4 is 156 Å². The van der Waals surface area contributed by atoms with Crippen molar-refractivity contribution in [2.45, 2.75) is 19.3 Å². The zero-order chi connectivity index (χ0) is 90.7. The average molecular weight is 1730 g/mol. The molecule has 16 nitrogen and oxygen atoms in total. The first kappa shape index (κ1) is 80.9. The predicted octanol–water partition coefficient (Wildman–Crippen LogP) is 25.3. The summed E-state index contributed by atoms with van der Waals surface area (Å²) < 4.78 is 7.25. The van der Waals surface area contributed by atoms with E-state index < -0.39 is 8.07 Å². The number of hydrogen-bond acceptors (Lipinski definition) is 11. The van der Waals surface area contributed by atoms with Gasteiger partial charge in [0, 0.05) is 71.9 Å². The minimum Gasteiger partial charge on any atom is -0.358 e. The fraction of sp³-hybridized carbons (Fsp3) is 0.0256. The number of hydrogen-bond donors (Lipinski definition) is 0. The van der Waals surface area contributed by atoms with Crippen LogP contribution in [0.5, 0.6) is 0 Å². The molecule has 0 bridgehead atoms. The zero-order valence-corrected chi connectivity index (χ0v) is 73.3. The first-order valence-corrected chi connectivity index (χ1v) is 45.8. The molecule has 0 saturated heterocycles. The van der Waals surface area contributed by atoms with Gasteiger partial charge in [0.25, 0.3) is 0 Å². The molecule has 0 aliphatic heterocycles. The molecule has 17 aromatic carbocycles. The summed E-state index contributed by atoms with van der Waals surface area (Å²) in [5.74, 6) is -0.605. The second-order valence-corrected chi connectivity index (χ2v) is 37.2. The van der Waals surface area contributed by atoms with Crippen LogP contribution in [0.15, 0.2) is 400 Å². The van der Waals surface area contributed by atoms with Crippen molar-refractivity contribution in [2.24, 2.45) is 0 Å². The predicted molar refractivity (Wildman–Crippen MR) is 540 cm³/mol. The molecule has 0 atom stereocenters. The van der Waals surface area contributed by atoms with E-state index in [-0.39, 0.29) is 72.9 Å². The molecular weight excluding hydrogens is 1660 g/mol. The van der Waals surface area contributed by atoms with Crippen molar-refractivity contribution in [3.63, 3.8) is 0 Å². The molecule has 17 heteroatoms. The van der Waals surface area contributed by atoms with Crippen LogP contribution in [-0.2, 0) is 5.41 Å². The van der Waals surface area contributed by atoms with Gasteiger partial charge in [0.1, 0.15) is 46.3 Å². The molecule has 6 aromatic heterocycles. The van der Waals surface area contributed by atoms with E-state index in [9.17, 15) is 21.0 Å². The van der Waals surface area contributed by atoms with Crippen molar-refractivity contribution in [1.82, 2.24) is 43.6 Å². The lowest BCUT2D eigenvalue weighted by Gasteiger charge is -2.34. The van der Waals surface area contributed by atoms with E-state index in [1.165, 1.54) is 148 Å². The van der Waals surface area contributed by atoms with Gasteiger partial charge in [-0.1, -0.05) is 312 Å². The highest BCUT2D eigenvalue weighted by molar-refractivity contribution is 7.20. The van der Waals surface area contributed by atoms with Crippen molar-refractivity contribution in [2.75, 3.05) is 4.90 Å². The third-order valence-electron chi connectivity index (χ3n) is 25.8. The van der Waals surface area contributed by atoms with Crippen LogP contribution in [0.4, 0.5) is 28.7 Å². The Hall–Kier alpha value is -18.9. The Balaban J connectivity index is 0.000000122. The largest absolute Gasteiger partial charge is 0.358 e. The molecule has 0 fully saturated rings. The molecule has 624 valence electrons. The van der Waals surface area contributed by atoms with E-state index in [2.05, 4.69) is 472 Å². The van der Waals surface area contributed by atoms with Gasteiger partial charge in [-0.05, 0) is 181 Å². The van der Waals surface area contributed by atoms with Crippen molar-refractivity contribution < 1.29 is 0 Å². The molecule has 0 unspecified atom stereocenters. The topological polar surface area (TPSA) is 199 Å². The van der Waals surface area contributed by atoms with Crippen LogP contribution in [-0.4, -0.2) is 51.7 Å². The maximum atomic E-state index is 9.30. The normalized spacial score (nSPS) is 11.8. The molecule has 0 saturated carbocycles. The quantitative estimate of drug-likeness (QED) is 0.0488. The standard InChI is InChI=1S/C51H38N2.C48H34N2Si.C18N12/c1-51(2)47-19-11-9-17-43(47)44-31-30-42(34-48(44)51)52(40-26-21-36(22-27-40)35-13-5-3-6-14-35)41-28-23-37(24-29-41)38-25-32-50-46(33-38)45-18-10-12-20-49(45)53(50)39-15-7-4-8-16-39;1-4-18-37(19-5-1)51(38-20-6-2-7-21-38,39-22-8-3-9-23-39)40-24-16-17-35(33-40)49-47-30-15-12-27-43(47)44-34-36(31-32-48(44)49)50-45-28-13-10-25-41(45)42-26-11-14-29-46(42)50;1-23-17-9(5-21)27-13-11-12(26-8(4-20)7(3-19)25-11)14-16(15(13)29-17)30-18(24-2)10(6-22)28-14/h3-34H,1-2H3;1-34H;. The number of nitriles is 4. The first-order valence-electron chi connectivity index (χ1n) is 43.8. The Kier molecular flexibility index (Phi) is 20.2. The molecule has 134 heavy (non-hydrogen) atoms. The van der Waals surface area contributed by atoms with Gasteiger partial charge >= 0.3 is 11.6 Å². The summed E-state index contributed by atoms with van der Waals surface area (Å²) in [5, 5.41) is 50.2. The number of rotatable bonds is 12. The highest BCUT2D eigenvalue weighted by Gasteiger charge is 2.42. The number of fused-ring (bicyclic) bond motifs is 18. The second-order valence-electron chi connectivity index (χ2n) is 33.4. The Morgan fingerprint density at radius 1 is 0.269 bits per heavy atom. The smallest absolute Gasteiger partial charge is 0.307 e. The number of nitrogens with zero attached hydrogens (tertiary/aromatic N) is 16. The summed E-state index contributed by atoms with van der Waals surface area (Å²) in [6, 6.07) is 154. The summed E-state index contributed by atoms with van der Waals surface area (Å²) in [6.07, 6.45) is 0. The van der Waals surface area contributed by atoms with Crippen LogP contribution in [0.25, 0.3) is 159 Å². The van der Waals surface area contributed by atoms with Gasteiger partial charge < -0.3 is 28.3 Å². The summed E-state index contributed by atoms with van der Waals surface area (Å²) in [4.78, 5) is 33.5. The SMILES string of the molecule is CC1(C)c2ccccc2-c2ccc(N(c3ccc(-c4ccccc4)cc3)c3ccc(-c4ccc5c(c4)c4ccccc4n5-c4ccccc4)cc3)cc21.[C-]#[N+]c1nc2c(nc1C#N)c1nc(C#N)c(C#N)nc1c1nc(C#N)c([N+]#[C-])nc12.c1ccc([Si](c2ccccc2)(c2ccccc2)c2cccc(-n3c4ccccc4c4cc(-n5c6ccccc6c6ccccc65)ccc43)c2)cc1. The Morgan fingerprint density at radius 2 is 0.604 bits per heavy atom. The van der Waals surface area contributed by atoms with Gasteiger partial charge in [0.2, 0.25) is 11.0 Å². The number of benzene rings is 17. The lowest BCUT2D eigenvalue weighted by Crippen LogP contribution is -2.74. The summed E-state index contributed by atoms with van der Waals surface area (Å²) >= 11 is 0. The lowest BCUT2D eigenvalue weighted by atomic mass is 9.82. The van der Waals surface area contributed by atoms with Gasteiger partial charge in [-0.15, -0.1) is 9.97 Å². The molecule has 0 N–H and O–H groups in total. The highest BCUT2D eigenvalue weighted by atomic mass is 28.3. The molecule has 0 radical (unpaired) electrons. The van der Waals surface area contributed by atoms with Gasteiger partial charge in [-0.2, -0.15) is 21.0 Å². The van der Waals surface area contributed by atoms with E-state index in [4.69, 9.17) is 13.1 Å². The number of para-hydroxylation sites is 5. The Morgan fingerprint density at radius 3 is 1.08 bits per heavy atom. The van der Waals surface area contributed by atoms with Crippen LogP contribution in [0.2, 0.25) is 0 Å². The molecule has 24 rings (SSSR count). The third kappa shape index (κ3) is 13.5. The van der Waals surface area contributed by atoms with Gasteiger partial charge in [0.15, 0.2) is 30.8 Å². The maximum absolute atomic E-state index is 9.30. The van der Waals surface area contributed by atoms with Crippen LogP contribution in [0, 0.1) is 58.5 Å². The lowest BCUT2D eigenvalue weighted by molar-refractivity contribution is 0.660. The highest BCUT2D eigenvalue weighted by Crippen LogP contribution is 2.52. The van der Waals surface area contributed by atoms with Crippen molar-refractivity contribution in [1.29, 1.82) is 21.0 Å². The fourth-order valence-corrected chi connectivity index (χ4v) is 24.6. The van der Waals surface area contributed by atoms with Gasteiger partial charge in [0.05, 0.1) is 33.1 Å². The van der Waals surface area contributed by atoms with E-state index >= 15 is 0 Å². The monoisotopic (exact) mass is 1730 g/mol. The molecule has 6 heterocycles.